The number of hydrogen-bond acceptors (Lipinski definition) is 5. The van der Waals surface area contributed by atoms with Gasteiger partial charge in [-0.2, -0.15) is 0 Å². The topological polar surface area (TPSA) is 85.5 Å². The minimum atomic E-state index is -0.208. The Morgan fingerprint density at radius 1 is 1.09 bits per heavy atom. The van der Waals surface area contributed by atoms with Gasteiger partial charge in [0.1, 0.15) is 5.82 Å². The van der Waals surface area contributed by atoms with Gasteiger partial charge in [0.05, 0.1) is 5.70 Å². The molecule has 0 bridgehead atoms. The van der Waals surface area contributed by atoms with Crippen LogP contribution in [0.15, 0.2) is 89.7 Å². The molecule has 7 nitrogen and oxygen atoms in total. The zero-order chi connectivity index (χ0) is 22.6. The number of piperidine rings is 1. The first-order valence-corrected chi connectivity index (χ1v) is 11.6. The van der Waals surface area contributed by atoms with E-state index in [4.69, 9.17) is 0 Å². The SMILES string of the molecule is O=C(CC(NC(=O)C1=CC2=CNC3=CC=CC(=C1)N23)C1CCNCC1)NCc1ccccc1. The van der Waals surface area contributed by atoms with Crippen LogP contribution in [0.4, 0.5) is 0 Å². The third kappa shape index (κ3) is 4.78. The molecule has 1 aromatic rings. The molecule has 1 aromatic carbocycles. The summed E-state index contributed by atoms with van der Waals surface area (Å²) < 4.78 is 0. The van der Waals surface area contributed by atoms with Gasteiger partial charge in [-0.05, 0) is 61.7 Å². The standard InChI is InChI=1S/C26H29N5O2/c32-25(29-16-18-5-2-1-3-6-18)15-23(19-9-11-27-12-10-19)30-26(33)20-13-21-7-4-8-24-28-17-22(14-20)31(21)24/h1-8,13-14,17,19,23,27-28H,9-12,15-16H2,(H,29,32)(H,30,33). The van der Waals surface area contributed by atoms with Crippen molar-refractivity contribution in [3.05, 3.63) is 95.3 Å². The van der Waals surface area contributed by atoms with Crippen LogP contribution >= 0.6 is 0 Å². The zero-order valence-electron chi connectivity index (χ0n) is 18.5. The molecule has 1 atom stereocenters. The van der Waals surface area contributed by atoms with E-state index < -0.39 is 0 Å². The molecule has 33 heavy (non-hydrogen) atoms. The minimum Gasteiger partial charge on any atom is -0.352 e. The second-order valence-electron chi connectivity index (χ2n) is 8.76. The van der Waals surface area contributed by atoms with E-state index >= 15 is 0 Å². The number of allylic oxidation sites excluding steroid dienone is 4. The summed E-state index contributed by atoms with van der Waals surface area (Å²) in [6, 6.07) is 9.66. The molecule has 5 rings (SSSR count). The van der Waals surface area contributed by atoms with Crippen LogP contribution in [0.5, 0.6) is 0 Å². The van der Waals surface area contributed by atoms with Crippen molar-refractivity contribution < 1.29 is 9.59 Å². The van der Waals surface area contributed by atoms with Crippen LogP contribution in [0, 0.1) is 5.92 Å². The maximum atomic E-state index is 13.3. The normalized spacial score (nSPS) is 19.9. The van der Waals surface area contributed by atoms with Gasteiger partial charge in [-0.15, -0.1) is 0 Å². The lowest BCUT2D eigenvalue weighted by atomic mass is 9.87. The third-order valence-corrected chi connectivity index (χ3v) is 6.52. The number of rotatable bonds is 7. The molecule has 2 amide bonds. The third-order valence-electron chi connectivity index (χ3n) is 6.52. The summed E-state index contributed by atoms with van der Waals surface area (Å²) in [4.78, 5) is 28.1. The van der Waals surface area contributed by atoms with Crippen LogP contribution in [-0.2, 0) is 16.1 Å². The van der Waals surface area contributed by atoms with E-state index in [9.17, 15) is 9.59 Å². The summed E-state index contributed by atoms with van der Waals surface area (Å²) >= 11 is 0. The summed E-state index contributed by atoms with van der Waals surface area (Å²) in [6.45, 7) is 2.30. The summed E-state index contributed by atoms with van der Waals surface area (Å²) in [5, 5.41) is 12.8. The van der Waals surface area contributed by atoms with E-state index in [1.165, 1.54) is 0 Å². The van der Waals surface area contributed by atoms with Crippen molar-refractivity contribution in [1.82, 2.24) is 26.2 Å². The molecule has 0 radical (unpaired) electrons. The highest BCUT2D eigenvalue weighted by molar-refractivity contribution is 5.98. The van der Waals surface area contributed by atoms with Gasteiger partial charge in [0.15, 0.2) is 0 Å². The zero-order valence-corrected chi connectivity index (χ0v) is 18.5. The van der Waals surface area contributed by atoms with Crippen molar-refractivity contribution in [2.24, 2.45) is 5.92 Å². The molecular weight excluding hydrogens is 414 g/mol. The number of carbonyl (C=O) groups excluding carboxylic acids is 2. The number of benzene rings is 1. The Morgan fingerprint density at radius 2 is 1.91 bits per heavy atom. The average Bonchev–Trinajstić information content (AvgIpc) is 3.28. The Bertz CT molecular complexity index is 1080. The summed E-state index contributed by atoms with van der Waals surface area (Å²) in [5.74, 6) is 1.07. The molecule has 4 N–H and O–H groups in total. The van der Waals surface area contributed by atoms with Crippen molar-refractivity contribution in [2.75, 3.05) is 13.1 Å². The molecule has 1 unspecified atom stereocenters. The van der Waals surface area contributed by atoms with Gasteiger partial charge in [0.25, 0.3) is 5.91 Å². The smallest absolute Gasteiger partial charge is 0.251 e. The number of amides is 2. The van der Waals surface area contributed by atoms with Crippen molar-refractivity contribution in [2.45, 2.75) is 31.8 Å². The highest BCUT2D eigenvalue weighted by Crippen LogP contribution is 2.33. The minimum absolute atomic E-state index is 0.0440. The van der Waals surface area contributed by atoms with Crippen LogP contribution in [-0.4, -0.2) is 35.8 Å². The molecule has 0 saturated carbocycles. The van der Waals surface area contributed by atoms with Gasteiger partial charge in [-0.1, -0.05) is 36.4 Å². The first-order chi connectivity index (χ1) is 16.2. The predicted octanol–water partition coefficient (Wildman–Crippen LogP) is 2.16. The van der Waals surface area contributed by atoms with Gasteiger partial charge in [0.2, 0.25) is 5.91 Å². The molecule has 1 saturated heterocycles. The molecule has 170 valence electrons. The maximum absolute atomic E-state index is 13.3. The van der Waals surface area contributed by atoms with E-state index in [-0.39, 0.29) is 30.2 Å². The molecular formula is C26H29N5O2. The Balaban J connectivity index is 1.27. The fourth-order valence-corrected chi connectivity index (χ4v) is 4.75. The van der Waals surface area contributed by atoms with Crippen molar-refractivity contribution in [3.63, 3.8) is 0 Å². The van der Waals surface area contributed by atoms with Crippen LogP contribution in [0.2, 0.25) is 0 Å². The van der Waals surface area contributed by atoms with Crippen LogP contribution in [0.25, 0.3) is 0 Å². The Labute approximate surface area is 194 Å². The van der Waals surface area contributed by atoms with Gasteiger partial charge in [-0.3, -0.25) is 14.5 Å². The lowest BCUT2D eigenvalue weighted by molar-refractivity contribution is -0.123. The second kappa shape index (κ2) is 9.50. The molecule has 4 heterocycles. The molecule has 0 aliphatic carbocycles. The number of carbonyl (C=O) groups is 2. The van der Waals surface area contributed by atoms with Gasteiger partial charge in [0, 0.05) is 36.5 Å². The molecule has 4 aliphatic heterocycles. The Kier molecular flexibility index (Phi) is 6.13. The van der Waals surface area contributed by atoms with E-state index in [0.717, 1.165) is 48.7 Å². The first-order valence-electron chi connectivity index (χ1n) is 11.6. The maximum Gasteiger partial charge on any atom is 0.251 e. The average molecular weight is 444 g/mol. The predicted molar refractivity (Wildman–Crippen MR) is 127 cm³/mol. The Hall–Kier alpha value is -3.58. The first kappa shape index (κ1) is 21.3. The van der Waals surface area contributed by atoms with E-state index in [1.54, 1.807) is 0 Å². The number of nitrogens with one attached hydrogen (secondary N) is 4. The van der Waals surface area contributed by atoms with Gasteiger partial charge >= 0.3 is 0 Å². The number of nitrogens with zero attached hydrogens (tertiary/aromatic N) is 1. The molecule has 7 heteroatoms. The van der Waals surface area contributed by atoms with Crippen molar-refractivity contribution >= 4 is 11.8 Å². The van der Waals surface area contributed by atoms with Crippen LogP contribution in [0.1, 0.15) is 24.8 Å². The fraction of sp³-hybridized carbons (Fsp3) is 0.308. The molecule has 0 spiro atoms. The van der Waals surface area contributed by atoms with E-state index in [1.807, 2.05) is 66.9 Å². The van der Waals surface area contributed by atoms with Crippen molar-refractivity contribution in [1.29, 1.82) is 0 Å². The molecule has 1 fully saturated rings. The van der Waals surface area contributed by atoms with E-state index in [0.29, 0.717) is 12.1 Å². The lowest BCUT2D eigenvalue weighted by Gasteiger charge is -2.32. The lowest BCUT2D eigenvalue weighted by Crippen LogP contribution is -2.47. The largest absolute Gasteiger partial charge is 0.352 e. The van der Waals surface area contributed by atoms with Crippen LogP contribution < -0.4 is 21.3 Å². The quantitative estimate of drug-likeness (QED) is 0.519. The summed E-state index contributed by atoms with van der Waals surface area (Å²) in [7, 11) is 0. The van der Waals surface area contributed by atoms with Gasteiger partial charge in [-0.25, -0.2) is 0 Å². The second-order valence-corrected chi connectivity index (χ2v) is 8.76. The number of hydrogen-bond donors (Lipinski definition) is 4. The summed E-state index contributed by atoms with van der Waals surface area (Å²) in [6.07, 6.45) is 13.8. The highest BCUT2D eigenvalue weighted by Gasteiger charge is 2.31. The summed E-state index contributed by atoms with van der Waals surface area (Å²) in [5.41, 5.74) is 3.55. The van der Waals surface area contributed by atoms with E-state index in [2.05, 4.69) is 26.2 Å². The molecule has 0 aromatic heterocycles. The van der Waals surface area contributed by atoms with Crippen LogP contribution in [0.3, 0.4) is 0 Å². The Morgan fingerprint density at radius 3 is 2.73 bits per heavy atom. The van der Waals surface area contributed by atoms with Gasteiger partial charge < -0.3 is 21.3 Å². The van der Waals surface area contributed by atoms with Crippen molar-refractivity contribution in [3.8, 4) is 0 Å². The highest BCUT2D eigenvalue weighted by atomic mass is 16.2. The monoisotopic (exact) mass is 443 g/mol. The molecule has 4 aliphatic rings. The fourth-order valence-electron chi connectivity index (χ4n) is 4.75.